The van der Waals surface area contributed by atoms with Crippen LogP contribution in [0.25, 0.3) is 11.3 Å². The van der Waals surface area contributed by atoms with E-state index in [1.807, 2.05) is 25.1 Å². The molecule has 0 N–H and O–H groups in total. The first kappa shape index (κ1) is 14.9. The summed E-state index contributed by atoms with van der Waals surface area (Å²) < 4.78 is 38.3. The van der Waals surface area contributed by atoms with Crippen molar-refractivity contribution in [3.63, 3.8) is 0 Å². The number of aromatic nitrogens is 1. The maximum absolute atomic E-state index is 12.8. The molecule has 0 fully saturated rings. The van der Waals surface area contributed by atoms with Crippen LogP contribution in [0, 0.1) is 0 Å². The van der Waals surface area contributed by atoms with Crippen molar-refractivity contribution in [2.24, 2.45) is 0 Å². The van der Waals surface area contributed by atoms with E-state index in [1.165, 1.54) is 0 Å². The van der Waals surface area contributed by atoms with Gasteiger partial charge in [0.1, 0.15) is 5.15 Å². The second kappa shape index (κ2) is 5.83. The van der Waals surface area contributed by atoms with Crippen molar-refractivity contribution in [2.45, 2.75) is 25.9 Å². The molecule has 0 aliphatic rings. The van der Waals surface area contributed by atoms with Crippen LogP contribution >= 0.6 is 11.6 Å². The zero-order valence-electron chi connectivity index (χ0n) is 10.8. The van der Waals surface area contributed by atoms with Crippen molar-refractivity contribution in [1.29, 1.82) is 0 Å². The molecule has 1 nitrogen and oxygen atoms in total. The lowest BCUT2D eigenvalue weighted by atomic mass is 10.0. The largest absolute Gasteiger partial charge is 0.416 e. The molecule has 20 heavy (non-hydrogen) atoms. The third-order valence-electron chi connectivity index (χ3n) is 2.88. The number of hydrogen-bond acceptors (Lipinski definition) is 1. The number of rotatable bonds is 3. The summed E-state index contributed by atoms with van der Waals surface area (Å²) >= 11 is 5.70. The smallest absolute Gasteiger partial charge is 0.236 e. The van der Waals surface area contributed by atoms with Gasteiger partial charge >= 0.3 is 6.18 Å². The quantitative estimate of drug-likeness (QED) is 0.694. The molecule has 2 rings (SSSR count). The zero-order chi connectivity index (χ0) is 14.8. The van der Waals surface area contributed by atoms with Gasteiger partial charge in [-0.3, -0.25) is 0 Å². The Kier molecular flexibility index (Phi) is 4.33. The number of pyridine rings is 1. The van der Waals surface area contributed by atoms with Crippen LogP contribution in [-0.2, 0) is 12.6 Å². The molecule has 106 valence electrons. The predicted octanol–water partition coefficient (Wildman–Crippen LogP) is 5.37. The first-order valence-electron chi connectivity index (χ1n) is 6.24. The summed E-state index contributed by atoms with van der Waals surface area (Å²) in [7, 11) is 0. The Labute approximate surface area is 120 Å². The van der Waals surface area contributed by atoms with Crippen molar-refractivity contribution in [1.82, 2.24) is 4.98 Å². The Balaban J connectivity index is 2.47. The lowest BCUT2D eigenvalue weighted by molar-refractivity contribution is -0.137. The molecule has 0 aliphatic heterocycles. The number of hydrogen-bond donors (Lipinski definition) is 0. The molecule has 0 bridgehead atoms. The van der Waals surface area contributed by atoms with Gasteiger partial charge in [-0.2, -0.15) is 13.2 Å². The van der Waals surface area contributed by atoms with E-state index in [1.54, 1.807) is 6.07 Å². The van der Waals surface area contributed by atoms with E-state index < -0.39 is 11.7 Å². The van der Waals surface area contributed by atoms with Gasteiger partial charge in [0.05, 0.1) is 11.3 Å². The zero-order valence-corrected chi connectivity index (χ0v) is 11.6. The summed E-state index contributed by atoms with van der Waals surface area (Å²) in [6.07, 6.45) is -2.58. The van der Waals surface area contributed by atoms with E-state index in [9.17, 15) is 13.2 Å². The standard InChI is InChI=1S/C15H13ClF3N/c1-2-4-10-5-3-6-11(7-10)13-8-12(15(17,18)19)9-14(16)20-13/h3,5-9H,2,4H2,1H3. The van der Waals surface area contributed by atoms with E-state index in [-0.39, 0.29) is 10.8 Å². The molecule has 1 aromatic heterocycles. The number of nitrogens with zero attached hydrogens (tertiary/aromatic N) is 1. The Morgan fingerprint density at radius 1 is 1.15 bits per heavy atom. The SMILES string of the molecule is CCCc1cccc(-c2cc(C(F)(F)F)cc(Cl)n2)c1. The van der Waals surface area contributed by atoms with Crippen LogP contribution < -0.4 is 0 Å². The average Bonchev–Trinajstić information content (AvgIpc) is 2.38. The van der Waals surface area contributed by atoms with Crippen molar-refractivity contribution in [2.75, 3.05) is 0 Å². The topological polar surface area (TPSA) is 12.9 Å². The Hall–Kier alpha value is -1.55. The minimum Gasteiger partial charge on any atom is -0.236 e. The number of benzene rings is 1. The molecule has 0 saturated heterocycles. The molecule has 0 saturated carbocycles. The normalized spacial score (nSPS) is 11.7. The Bertz CT molecular complexity index is 608. The molecule has 0 unspecified atom stereocenters. The Morgan fingerprint density at radius 2 is 1.90 bits per heavy atom. The van der Waals surface area contributed by atoms with Crippen LogP contribution in [-0.4, -0.2) is 4.98 Å². The molecule has 2 aromatic rings. The van der Waals surface area contributed by atoms with Crippen molar-refractivity contribution in [3.8, 4) is 11.3 Å². The van der Waals surface area contributed by atoms with Gasteiger partial charge in [-0.15, -0.1) is 0 Å². The summed E-state index contributed by atoms with van der Waals surface area (Å²) in [6, 6.07) is 9.20. The highest BCUT2D eigenvalue weighted by Crippen LogP contribution is 2.33. The third-order valence-corrected chi connectivity index (χ3v) is 3.08. The average molecular weight is 300 g/mol. The molecule has 1 aromatic carbocycles. The minimum atomic E-state index is -4.43. The fraction of sp³-hybridized carbons (Fsp3) is 0.267. The van der Waals surface area contributed by atoms with Gasteiger partial charge in [0, 0.05) is 5.56 Å². The van der Waals surface area contributed by atoms with Crippen molar-refractivity contribution in [3.05, 3.63) is 52.7 Å². The van der Waals surface area contributed by atoms with Gasteiger partial charge in [0.15, 0.2) is 0 Å². The summed E-state index contributed by atoms with van der Waals surface area (Å²) in [5.74, 6) is 0. The van der Waals surface area contributed by atoms with Crippen LogP contribution in [0.1, 0.15) is 24.5 Å². The van der Waals surface area contributed by atoms with Gasteiger partial charge in [-0.05, 0) is 30.2 Å². The molecule has 0 amide bonds. The van der Waals surface area contributed by atoms with Gasteiger partial charge in [0.2, 0.25) is 0 Å². The number of aryl methyl sites for hydroxylation is 1. The first-order chi connectivity index (χ1) is 9.40. The summed E-state index contributed by atoms with van der Waals surface area (Å²) in [5.41, 5.74) is 1.17. The van der Waals surface area contributed by atoms with Gasteiger partial charge in [0.25, 0.3) is 0 Å². The highest BCUT2D eigenvalue weighted by atomic mass is 35.5. The van der Waals surface area contributed by atoms with E-state index in [0.717, 1.165) is 30.5 Å². The molecular weight excluding hydrogens is 287 g/mol. The molecule has 0 radical (unpaired) electrons. The summed E-state index contributed by atoms with van der Waals surface area (Å²) in [4.78, 5) is 3.98. The number of halogens is 4. The molecule has 1 heterocycles. The van der Waals surface area contributed by atoms with Crippen molar-refractivity contribution >= 4 is 11.6 Å². The lowest BCUT2D eigenvalue weighted by Crippen LogP contribution is -2.05. The Morgan fingerprint density at radius 3 is 2.55 bits per heavy atom. The fourth-order valence-corrected chi connectivity index (χ4v) is 2.19. The van der Waals surface area contributed by atoms with E-state index >= 15 is 0 Å². The fourth-order valence-electron chi connectivity index (χ4n) is 1.98. The summed E-state index contributed by atoms with van der Waals surface area (Å²) in [5, 5.41) is -0.157. The summed E-state index contributed by atoms with van der Waals surface area (Å²) in [6.45, 7) is 2.05. The van der Waals surface area contributed by atoms with E-state index in [4.69, 9.17) is 11.6 Å². The van der Waals surface area contributed by atoms with Crippen LogP contribution in [0.5, 0.6) is 0 Å². The molecule has 0 spiro atoms. The van der Waals surface area contributed by atoms with Gasteiger partial charge in [-0.25, -0.2) is 4.98 Å². The number of alkyl halides is 3. The lowest BCUT2D eigenvalue weighted by Gasteiger charge is -2.10. The van der Waals surface area contributed by atoms with E-state index in [2.05, 4.69) is 4.98 Å². The highest BCUT2D eigenvalue weighted by Gasteiger charge is 2.31. The second-order valence-electron chi connectivity index (χ2n) is 4.51. The van der Waals surface area contributed by atoms with Crippen LogP contribution in [0.15, 0.2) is 36.4 Å². The van der Waals surface area contributed by atoms with E-state index in [0.29, 0.717) is 5.56 Å². The van der Waals surface area contributed by atoms with Gasteiger partial charge < -0.3 is 0 Å². The van der Waals surface area contributed by atoms with Gasteiger partial charge in [-0.1, -0.05) is 43.1 Å². The third kappa shape index (κ3) is 3.51. The second-order valence-corrected chi connectivity index (χ2v) is 4.90. The maximum atomic E-state index is 12.8. The monoisotopic (exact) mass is 299 g/mol. The predicted molar refractivity (Wildman–Crippen MR) is 73.7 cm³/mol. The molecular formula is C15H13ClF3N. The first-order valence-corrected chi connectivity index (χ1v) is 6.62. The van der Waals surface area contributed by atoms with Crippen LogP contribution in [0.3, 0.4) is 0 Å². The molecule has 5 heteroatoms. The minimum absolute atomic E-state index is 0.157. The molecule has 0 aliphatic carbocycles. The van der Waals surface area contributed by atoms with Crippen LogP contribution in [0.2, 0.25) is 5.15 Å². The van der Waals surface area contributed by atoms with Crippen molar-refractivity contribution < 1.29 is 13.2 Å². The highest BCUT2D eigenvalue weighted by molar-refractivity contribution is 6.29. The maximum Gasteiger partial charge on any atom is 0.416 e. The van der Waals surface area contributed by atoms with Crippen LogP contribution in [0.4, 0.5) is 13.2 Å². The molecule has 0 atom stereocenters.